The van der Waals surface area contributed by atoms with E-state index in [0.717, 1.165) is 49.3 Å². The van der Waals surface area contributed by atoms with Crippen LogP contribution in [0.5, 0.6) is 5.75 Å². The first kappa shape index (κ1) is 18.5. The number of hydrogen-bond acceptors (Lipinski definition) is 5. The molecule has 1 aromatic carbocycles. The molecule has 1 atom stereocenters. The number of likely N-dealkylation sites (N-methyl/N-ethyl adjacent to an activating group) is 1. The van der Waals surface area contributed by atoms with Crippen molar-refractivity contribution in [1.82, 2.24) is 4.90 Å². The van der Waals surface area contributed by atoms with Crippen LogP contribution in [-0.4, -0.2) is 50.5 Å². The molecule has 5 nitrogen and oxygen atoms in total. The van der Waals surface area contributed by atoms with Gasteiger partial charge in [-0.2, -0.15) is 0 Å². The van der Waals surface area contributed by atoms with E-state index in [1.807, 2.05) is 25.2 Å². The number of ether oxygens (including phenoxy) is 1. The number of carbonyl (C=O) groups is 1. The predicted molar refractivity (Wildman–Crippen MR) is 91.6 cm³/mol. The second kappa shape index (κ2) is 10.2. The highest BCUT2D eigenvalue weighted by molar-refractivity contribution is 5.58. The Balaban J connectivity index is 2.58. The van der Waals surface area contributed by atoms with E-state index in [1.54, 1.807) is 0 Å². The Bertz CT molecular complexity index is 448. The molecule has 0 saturated carbocycles. The SMILES string of the molecule is CCN(CC)CCOc1ccc(CC[C@H](N)C=O)c(NC)c1. The van der Waals surface area contributed by atoms with E-state index in [4.69, 9.17) is 10.5 Å². The molecule has 124 valence electrons. The zero-order valence-corrected chi connectivity index (χ0v) is 14.0. The summed E-state index contributed by atoms with van der Waals surface area (Å²) in [5, 5.41) is 3.18. The van der Waals surface area contributed by atoms with E-state index in [2.05, 4.69) is 24.1 Å². The van der Waals surface area contributed by atoms with Crippen LogP contribution in [-0.2, 0) is 11.2 Å². The number of anilines is 1. The lowest BCUT2D eigenvalue weighted by atomic mass is 10.0. The summed E-state index contributed by atoms with van der Waals surface area (Å²) in [4.78, 5) is 12.9. The first-order valence-corrected chi connectivity index (χ1v) is 8.01. The Morgan fingerprint density at radius 3 is 2.68 bits per heavy atom. The molecule has 0 fully saturated rings. The lowest BCUT2D eigenvalue weighted by Gasteiger charge is -2.18. The summed E-state index contributed by atoms with van der Waals surface area (Å²) in [6, 6.07) is 5.62. The summed E-state index contributed by atoms with van der Waals surface area (Å²) < 4.78 is 5.82. The molecular formula is C17H29N3O2. The van der Waals surface area contributed by atoms with Crippen molar-refractivity contribution in [3.8, 4) is 5.75 Å². The Hall–Kier alpha value is -1.59. The van der Waals surface area contributed by atoms with Gasteiger partial charge in [-0.05, 0) is 37.6 Å². The number of aryl methyl sites for hydroxylation is 1. The molecule has 22 heavy (non-hydrogen) atoms. The number of nitrogens with two attached hydrogens (primary N) is 1. The van der Waals surface area contributed by atoms with E-state index in [9.17, 15) is 4.79 Å². The fraction of sp³-hybridized carbons (Fsp3) is 0.588. The van der Waals surface area contributed by atoms with Gasteiger partial charge < -0.3 is 25.5 Å². The van der Waals surface area contributed by atoms with Gasteiger partial charge in [0.2, 0.25) is 0 Å². The van der Waals surface area contributed by atoms with Crippen LogP contribution in [0.25, 0.3) is 0 Å². The van der Waals surface area contributed by atoms with Crippen molar-refractivity contribution in [2.24, 2.45) is 5.73 Å². The Labute approximate surface area is 133 Å². The van der Waals surface area contributed by atoms with Gasteiger partial charge in [0, 0.05) is 25.3 Å². The van der Waals surface area contributed by atoms with Crippen LogP contribution in [0.2, 0.25) is 0 Å². The molecule has 0 aliphatic rings. The number of carbonyl (C=O) groups excluding carboxylic acids is 1. The Kier molecular flexibility index (Phi) is 8.55. The molecule has 0 amide bonds. The zero-order chi connectivity index (χ0) is 16.4. The minimum atomic E-state index is -0.394. The first-order valence-electron chi connectivity index (χ1n) is 8.01. The van der Waals surface area contributed by atoms with Gasteiger partial charge in [-0.25, -0.2) is 0 Å². The van der Waals surface area contributed by atoms with Crippen LogP contribution in [0.15, 0.2) is 18.2 Å². The van der Waals surface area contributed by atoms with E-state index in [-0.39, 0.29) is 0 Å². The van der Waals surface area contributed by atoms with Gasteiger partial charge >= 0.3 is 0 Å². The molecular weight excluding hydrogens is 278 g/mol. The van der Waals surface area contributed by atoms with Crippen molar-refractivity contribution in [2.75, 3.05) is 38.6 Å². The van der Waals surface area contributed by atoms with Crippen molar-refractivity contribution in [3.05, 3.63) is 23.8 Å². The molecule has 1 rings (SSSR count). The highest BCUT2D eigenvalue weighted by atomic mass is 16.5. The van der Waals surface area contributed by atoms with Gasteiger partial charge in [-0.15, -0.1) is 0 Å². The fourth-order valence-corrected chi connectivity index (χ4v) is 2.32. The lowest BCUT2D eigenvalue weighted by molar-refractivity contribution is -0.109. The van der Waals surface area contributed by atoms with Crippen molar-refractivity contribution in [1.29, 1.82) is 0 Å². The average Bonchev–Trinajstić information content (AvgIpc) is 2.56. The molecule has 0 aromatic heterocycles. The normalized spacial score (nSPS) is 12.2. The van der Waals surface area contributed by atoms with E-state index < -0.39 is 6.04 Å². The summed E-state index contributed by atoms with van der Waals surface area (Å²) in [5.41, 5.74) is 7.82. The summed E-state index contributed by atoms with van der Waals surface area (Å²) >= 11 is 0. The minimum Gasteiger partial charge on any atom is -0.492 e. The van der Waals surface area contributed by atoms with E-state index in [1.165, 1.54) is 0 Å². The van der Waals surface area contributed by atoms with Crippen LogP contribution >= 0.6 is 0 Å². The van der Waals surface area contributed by atoms with Crippen molar-refractivity contribution in [2.45, 2.75) is 32.7 Å². The Morgan fingerprint density at radius 1 is 1.36 bits per heavy atom. The number of aldehydes is 1. The molecule has 0 heterocycles. The third-order valence-electron chi connectivity index (χ3n) is 3.84. The van der Waals surface area contributed by atoms with Gasteiger partial charge in [0.15, 0.2) is 0 Å². The summed E-state index contributed by atoms with van der Waals surface area (Å²) in [6.07, 6.45) is 2.22. The largest absolute Gasteiger partial charge is 0.492 e. The Morgan fingerprint density at radius 2 is 2.09 bits per heavy atom. The van der Waals surface area contributed by atoms with Crippen molar-refractivity contribution >= 4 is 12.0 Å². The topological polar surface area (TPSA) is 67.6 Å². The average molecular weight is 307 g/mol. The molecule has 0 aliphatic carbocycles. The second-order valence-corrected chi connectivity index (χ2v) is 5.28. The second-order valence-electron chi connectivity index (χ2n) is 5.28. The van der Waals surface area contributed by atoms with E-state index >= 15 is 0 Å². The highest BCUT2D eigenvalue weighted by Gasteiger charge is 2.07. The van der Waals surface area contributed by atoms with E-state index in [0.29, 0.717) is 13.0 Å². The third kappa shape index (κ3) is 6.03. The fourth-order valence-electron chi connectivity index (χ4n) is 2.32. The van der Waals surface area contributed by atoms with Gasteiger partial charge in [0.1, 0.15) is 18.6 Å². The summed E-state index contributed by atoms with van der Waals surface area (Å²) in [5.74, 6) is 0.861. The van der Waals surface area contributed by atoms with Gasteiger partial charge in [-0.3, -0.25) is 0 Å². The zero-order valence-electron chi connectivity index (χ0n) is 14.0. The molecule has 0 unspecified atom stereocenters. The van der Waals surface area contributed by atoms with Crippen LogP contribution in [0, 0.1) is 0 Å². The highest BCUT2D eigenvalue weighted by Crippen LogP contribution is 2.23. The minimum absolute atomic E-state index is 0.394. The maximum absolute atomic E-state index is 10.6. The smallest absolute Gasteiger partial charge is 0.136 e. The quantitative estimate of drug-likeness (QED) is 0.611. The van der Waals surface area contributed by atoms with Crippen molar-refractivity contribution in [3.63, 3.8) is 0 Å². The van der Waals surface area contributed by atoms with Crippen LogP contribution < -0.4 is 15.8 Å². The molecule has 0 aliphatic heterocycles. The van der Waals surface area contributed by atoms with Crippen LogP contribution in [0.1, 0.15) is 25.8 Å². The number of benzene rings is 1. The molecule has 0 bridgehead atoms. The number of rotatable bonds is 11. The maximum Gasteiger partial charge on any atom is 0.136 e. The molecule has 0 spiro atoms. The van der Waals surface area contributed by atoms with Crippen LogP contribution in [0.4, 0.5) is 5.69 Å². The molecule has 0 radical (unpaired) electrons. The third-order valence-corrected chi connectivity index (χ3v) is 3.84. The molecule has 3 N–H and O–H groups in total. The maximum atomic E-state index is 10.6. The van der Waals surface area contributed by atoms with Gasteiger partial charge in [-0.1, -0.05) is 19.9 Å². The number of hydrogen-bond donors (Lipinski definition) is 2. The molecule has 1 aromatic rings. The number of nitrogens with one attached hydrogen (secondary N) is 1. The van der Waals surface area contributed by atoms with Crippen molar-refractivity contribution < 1.29 is 9.53 Å². The summed E-state index contributed by atoms with van der Waals surface area (Å²) in [6.45, 7) is 8.00. The van der Waals surface area contributed by atoms with Gasteiger partial charge in [0.25, 0.3) is 0 Å². The number of nitrogens with zero attached hydrogens (tertiary/aromatic N) is 1. The predicted octanol–water partition coefficient (Wildman–Crippen LogP) is 1.91. The van der Waals surface area contributed by atoms with Gasteiger partial charge in [0.05, 0.1) is 6.04 Å². The molecule has 0 saturated heterocycles. The monoisotopic (exact) mass is 307 g/mol. The first-order chi connectivity index (χ1) is 10.6. The standard InChI is InChI=1S/C17H29N3O2/c1-4-20(5-2)10-11-22-16-9-7-14(17(12-16)19-3)6-8-15(18)13-21/h7,9,12-13,15,19H,4-6,8,10-11,18H2,1-3H3/t15-/m0/s1. The summed E-state index contributed by atoms with van der Waals surface area (Å²) in [7, 11) is 1.89. The lowest BCUT2D eigenvalue weighted by Crippen LogP contribution is -2.27. The van der Waals surface area contributed by atoms with Crippen LogP contribution in [0.3, 0.4) is 0 Å². The molecule has 5 heteroatoms.